The highest BCUT2D eigenvalue weighted by atomic mass is 32.2. The summed E-state index contributed by atoms with van der Waals surface area (Å²) >= 11 is 1.77. The van der Waals surface area contributed by atoms with E-state index in [9.17, 15) is 14.0 Å². The summed E-state index contributed by atoms with van der Waals surface area (Å²) in [5.74, 6) is 0.692. The highest BCUT2D eigenvalue weighted by Crippen LogP contribution is 2.53. The Balaban J connectivity index is 1.28. The molecule has 6 atom stereocenters. The van der Waals surface area contributed by atoms with Crippen LogP contribution >= 0.6 is 11.8 Å². The van der Waals surface area contributed by atoms with Gasteiger partial charge in [-0.1, -0.05) is 66.8 Å². The van der Waals surface area contributed by atoms with Gasteiger partial charge in [-0.25, -0.2) is 19.2 Å². The average molecular weight is 616 g/mol. The molecule has 3 amide bonds. The largest absolute Gasteiger partial charge is 0.363 e. The zero-order valence-corrected chi connectivity index (χ0v) is 25.8. The molecule has 230 valence electrons. The van der Waals surface area contributed by atoms with Crippen LogP contribution in [0.3, 0.4) is 0 Å². The standard InChI is InChI=1S/C34H38FN5O3S/c1-37-22-32(41)39-28(16-17-44-2)34-29-11-7-6-10-25(18-30(34)43-29)27(24-8-4-3-5-9-24)20-38(34)21-31(39)40(37)33(42)36-19-23-12-14-26(35)15-13-23/h3-15,18,27-31H,16-17,19-22H2,1-2H3,(H,36,42)/b10-6-,11-7-/t27?,28-,29?,30?,31-,34?/m0/s1. The molecule has 1 N–H and O–H groups in total. The number of hydrazine groups is 1. The maximum Gasteiger partial charge on any atom is 0.334 e. The van der Waals surface area contributed by atoms with Gasteiger partial charge in [-0.3, -0.25) is 9.69 Å². The number of thioether (sulfide) groups is 1. The first kappa shape index (κ1) is 29.3. The summed E-state index contributed by atoms with van der Waals surface area (Å²) in [5.41, 5.74) is 2.79. The van der Waals surface area contributed by atoms with E-state index in [1.165, 1.54) is 23.3 Å². The van der Waals surface area contributed by atoms with Crippen LogP contribution in [0.5, 0.6) is 0 Å². The molecule has 4 unspecified atom stereocenters. The first-order valence-corrected chi connectivity index (χ1v) is 16.7. The summed E-state index contributed by atoms with van der Waals surface area (Å²) in [5, 5.41) is 6.48. The number of allylic oxidation sites excluding steroid dienone is 3. The van der Waals surface area contributed by atoms with Gasteiger partial charge in [-0.15, -0.1) is 0 Å². The lowest BCUT2D eigenvalue weighted by molar-refractivity contribution is -0.285. The number of halogens is 1. The number of nitrogens with one attached hydrogen (secondary N) is 1. The molecule has 0 radical (unpaired) electrons. The normalized spacial score (nSPS) is 32.7. The van der Waals surface area contributed by atoms with Gasteiger partial charge in [-0.2, -0.15) is 11.8 Å². The number of piperazine rings is 1. The predicted octanol–water partition coefficient (Wildman–Crippen LogP) is 4.15. The van der Waals surface area contributed by atoms with Crippen molar-refractivity contribution in [1.82, 2.24) is 25.1 Å². The number of hydrogen-bond donors (Lipinski definition) is 1. The van der Waals surface area contributed by atoms with Crippen molar-refractivity contribution in [2.24, 2.45) is 0 Å². The van der Waals surface area contributed by atoms with Gasteiger partial charge >= 0.3 is 6.03 Å². The molecule has 5 aliphatic heterocycles. The Morgan fingerprint density at radius 1 is 1.09 bits per heavy atom. The Morgan fingerprint density at radius 3 is 2.66 bits per heavy atom. The Bertz CT molecular complexity index is 1500. The summed E-state index contributed by atoms with van der Waals surface area (Å²) in [6.07, 6.45) is 12.8. The summed E-state index contributed by atoms with van der Waals surface area (Å²) in [7, 11) is 1.80. The van der Waals surface area contributed by atoms with E-state index < -0.39 is 11.7 Å². The molecule has 0 saturated carbocycles. The molecule has 3 bridgehead atoms. The number of likely N-dealkylation sites (N-methyl/N-ethyl adjacent to an activating group) is 1. The maximum atomic E-state index is 14.0. The molecular weight excluding hydrogens is 577 g/mol. The zero-order valence-electron chi connectivity index (χ0n) is 25.0. The molecule has 1 spiro atoms. The van der Waals surface area contributed by atoms with E-state index in [0.29, 0.717) is 6.54 Å². The van der Waals surface area contributed by atoms with Gasteiger partial charge in [0.2, 0.25) is 5.91 Å². The average Bonchev–Trinajstić information content (AvgIpc) is 3.10. The fourth-order valence-electron chi connectivity index (χ4n) is 7.86. The van der Waals surface area contributed by atoms with E-state index in [0.717, 1.165) is 24.3 Å². The molecule has 2 aromatic rings. The lowest BCUT2D eigenvalue weighted by Crippen LogP contribution is -2.88. The zero-order chi connectivity index (χ0) is 30.4. The third kappa shape index (κ3) is 4.79. The number of ether oxygens (including phenoxy) is 1. The van der Waals surface area contributed by atoms with Crippen LogP contribution in [0.15, 0.2) is 90.6 Å². The highest BCUT2D eigenvalue weighted by Gasteiger charge is 2.69. The molecule has 5 aliphatic rings. The number of nitrogens with zero attached hydrogens (tertiary/aromatic N) is 4. The number of urea groups is 1. The summed E-state index contributed by atoms with van der Waals surface area (Å²) in [6, 6.07) is 16.2. The smallest absolute Gasteiger partial charge is 0.334 e. The monoisotopic (exact) mass is 615 g/mol. The molecule has 0 aliphatic carbocycles. The minimum Gasteiger partial charge on any atom is -0.363 e. The molecule has 2 aromatic carbocycles. The van der Waals surface area contributed by atoms with Crippen LogP contribution in [0.2, 0.25) is 0 Å². The van der Waals surface area contributed by atoms with Crippen LogP contribution in [0.1, 0.15) is 23.5 Å². The van der Waals surface area contributed by atoms with Gasteiger partial charge < -0.3 is 15.0 Å². The molecular formula is C34H38FN5O3S. The van der Waals surface area contributed by atoms with Gasteiger partial charge in [0.05, 0.1) is 12.6 Å². The van der Waals surface area contributed by atoms with E-state index in [4.69, 9.17) is 4.74 Å². The Hall–Kier alpha value is -3.44. The summed E-state index contributed by atoms with van der Waals surface area (Å²) in [6.45, 7) is 1.60. The van der Waals surface area contributed by atoms with Gasteiger partial charge in [0.15, 0.2) is 0 Å². The van der Waals surface area contributed by atoms with Crippen molar-refractivity contribution in [2.45, 2.75) is 48.8 Å². The third-order valence-electron chi connectivity index (χ3n) is 9.83. The van der Waals surface area contributed by atoms with Gasteiger partial charge in [0.25, 0.3) is 0 Å². The van der Waals surface area contributed by atoms with E-state index in [1.54, 1.807) is 41.0 Å². The second kappa shape index (κ2) is 11.8. The first-order chi connectivity index (χ1) is 21.4. The van der Waals surface area contributed by atoms with E-state index in [1.807, 2.05) is 11.0 Å². The molecule has 8 nitrogen and oxygen atoms in total. The Kier molecular flexibility index (Phi) is 7.86. The number of amides is 3. The van der Waals surface area contributed by atoms with Crippen molar-refractivity contribution in [1.29, 1.82) is 0 Å². The summed E-state index contributed by atoms with van der Waals surface area (Å²) in [4.78, 5) is 32.5. The second-order valence-corrected chi connectivity index (χ2v) is 13.2. The second-order valence-electron chi connectivity index (χ2n) is 12.2. The van der Waals surface area contributed by atoms with Gasteiger partial charge in [-0.05, 0) is 53.3 Å². The molecule has 7 rings (SSSR count). The molecule has 0 aromatic heterocycles. The van der Waals surface area contributed by atoms with E-state index in [2.05, 4.69) is 71.1 Å². The highest BCUT2D eigenvalue weighted by molar-refractivity contribution is 7.98. The molecule has 3 saturated heterocycles. The number of rotatable bonds is 6. The number of fused-ring (bicyclic) bond motifs is 2. The summed E-state index contributed by atoms with van der Waals surface area (Å²) < 4.78 is 20.1. The molecule has 3 fully saturated rings. The molecule has 44 heavy (non-hydrogen) atoms. The van der Waals surface area contributed by atoms with Crippen molar-refractivity contribution < 1.29 is 18.7 Å². The number of carbonyl (C=O) groups is 2. The minimum atomic E-state index is -0.491. The van der Waals surface area contributed by atoms with Crippen LogP contribution in [0.4, 0.5) is 9.18 Å². The molecule has 5 heterocycles. The number of hydrogen-bond acceptors (Lipinski definition) is 6. The van der Waals surface area contributed by atoms with Crippen molar-refractivity contribution in [3.63, 3.8) is 0 Å². The fraction of sp³-hybridized carbons (Fsp3) is 0.412. The Morgan fingerprint density at radius 2 is 1.89 bits per heavy atom. The number of benzene rings is 2. The van der Waals surface area contributed by atoms with Crippen LogP contribution in [0, 0.1) is 5.82 Å². The fourth-order valence-corrected chi connectivity index (χ4v) is 8.32. The minimum absolute atomic E-state index is 0.0228. The lowest BCUT2D eigenvalue weighted by atomic mass is 9.69. The van der Waals surface area contributed by atoms with Crippen molar-refractivity contribution >= 4 is 23.7 Å². The van der Waals surface area contributed by atoms with E-state index >= 15 is 0 Å². The van der Waals surface area contributed by atoms with Crippen LogP contribution < -0.4 is 5.32 Å². The first-order valence-electron chi connectivity index (χ1n) is 15.3. The topological polar surface area (TPSA) is 68.4 Å². The SMILES string of the molecule is CSCC[C@@H]1N2C(=O)CN(C)N(C(=O)NCc3ccc(F)cc3)[C@H]2CN2CC(c3ccccc3)C3=CC4OC(/C=C\C=C/3)C412. The van der Waals surface area contributed by atoms with Crippen LogP contribution in [-0.4, -0.2) is 100 Å². The van der Waals surface area contributed by atoms with Crippen molar-refractivity contribution in [2.75, 3.05) is 38.7 Å². The maximum absolute atomic E-state index is 14.0. The van der Waals surface area contributed by atoms with Crippen molar-refractivity contribution in [3.8, 4) is 0 Å². The lowest BCUT2D eigenvalue weighted by Gasteiger charge is -2.69. The van der Waals surface area contributed by atoms with Gasteiger partial charge in [0.1, 0.15) is 29.7 Å². The Labute approximate surface area is 262 Å². The third-order valence-corrected chi connectivity index (χ3v) is 10.5. The predicted molar refractivity (Wildman–Crippen MR) is 169 cm³/mol. The van der Waals surface area contributed by atoms with Crippen LogP contribution in [-0.2, 0) is 16.1 Å². The quantitative estimate of drug-likeness (QED) is 0.527. The van der Waals surface area contributed by atoms with Crippen molar-refractivity contribution in [3.05, 3.63) is 107 Å². The molecule has 10 heteroatoms. The van der Waals surface area contributed by atoms with Crippen LogP contribution in [0.25, 0.3) is 0 Å². The van der Waals surface area contributed by atoms with Gasteiger partial charge in [0, 0.05) is 32.6 Å². The number of carbonyl (C=O) groups excluding carboxylic acids is 2. The van der Waals surface area contributed by atoms with E-state index in [-0.39, 0.29) is 55.0 Å².